The Hall–Kier alpha value is -0.970. The van der Waals surface area contributed by atoms with E-state index in [1.807, 2.05) is 13.0 Å². The van der Waals surface area contributed by atoms with Crippen LogP contribution in [0.15, 0.2) is 6.07 Å². The third-order valence-corrected chi connectivity index (χ3v) is 3.35. The van der Waals surface area contributed by atoms with Gasteiger partial charge >= 0.3 is 0 Å². The maximum absolute atomic E-state index is 13.0. The molecule has 100 valence electrons. The van der Waals surface area contributed by atoms with Gasteiger partial charge in [0, 0.05) is 30.6 Å². The van der Waals surface area contributed by atoms with E-state index in [0.717, 1.165) is 12.1 Å². The molecular formula is C12H16ClF2N3. The predicted molar refractivity (Wildman–Crippen MR) is 67.2 cm³/mol. The van der Waals surface area contributed by atoms with Crippen molar-refractivity contribution in [1.82, 2.24) is 9.97 Å². The average Bonchev–Trinajstić information content (AvgIpc) is 2.31. The highest BCUT2D eigenvalue weighted by atomic mass is 35.5. The van der Waals surface area contributed by atoms with Crippen LogP contribution in [0.4, 0.5) is 14.6 Å². The Labute approximate surface area is 110 Å². The van der Waals surface area contributed by atoms with Gasteiger partial charge in [-0.05, 0) is 30.9 Å². The molecule has 1 saturated carbocycles. The van der Waals surface area contributed by atoms with Gasteiger partial charge in [-0.3, -0.25) is 0 Å². The van der Waals surface area contributed by atoms with Crippen molar-refractivity contribution in [3.63, 3.8) is 0 Å². The lowest BCUT2D eigenvalue weighted by molar-refractivity contribution is -0.0361. The first-order valence-electron chi connectivity index (χ1n) is 6.16. The van der Waals surface area contributed by atoms with Crippen LogP contribution in [0.1, 0.15) is 38.3 Å². The van der Waals surface area contributed by atoms with Crippen LogP contribution in [-0.2, 0) is 6.42 Å². The Kier molecular flexibility index (Phi) is 4.00. The fourth-order valence-corrected chi connectivity index (χ4v) is 2.31. The Bertz CT molecular complexity index is 416. The van der Waals surface area contributed by atoms with Gasteiger partial charge < -0.3 is 5.32 Å². The Morgan fingerprint density at radius 3 is 2.67 bits per heavy atom. The van der Waals surface area contributed by atoms with E-state index in [-0.39, 0.29) is 24.2 Å². The molecule has 1 aliphatic rings. The zero-order valence-corrected chi connectivity index (χ0v) is 11.0. The van der Waals surface area contributed by atoms with Gasteiger partial charge in [0.15, 0.2) is 0 Å². The smallest absolute Gasteiger partial charge is 0.248 e. The van der Waals surface area contributed by atoms with Gasteiger partial charge in [-0.2, -0.15) is 0 Å². The summed E-state index contributed by atoms with van der Waals surface area (Å²) in [6.07, 6.45) is 1.54. The molecule has 0 spiro atoms. The molecule has 1 heterocycles. The van der Waals surface area contributed by atoms with Crippen LogP contribution in [0, 0.1) is 0 Å². The summed E-state index contributed by atoms with van der Waals surface area (Å²) >= 11 is 5.81. The molecule has 0 atom stereocenters. The summed E-state index contributed by atoms with van der Waals surface area (Å²) in [4.78, 5) is 8.13. The Balaban J connectivity index is 2.00. The second-order valence-electron chi connectivity index (χ2n) is 4.64. The molecule has 0 bridgehead atoms. The zero-order chi connectivity index (χ0) is 13.2. The molecule has 0 saturated heterocycles. The lowest BCUT2D eigenvalue weighted by Gasteiger charge is -2.29. The van der Waals surface area contributed by atoms with E-state index in [4.69, 9.17) is 11.6 Å². The number of rotatable bonds is 3. The van der Waals surface area contributed by atoms with E-state index in [2.05, 4.69) is 15.3 Å². The summed E-state index contributed by atoms with van der Waals surface area (Å²) in [6.45, 7) is 1.98. The quantitative estimate of drug-likeness (QED) is 0.855. The molecule has 2 rings (SSSR count). The van der Waals surface area contributed by atoms with E-state index < -0.39 is 5.92 Å². The highest BCUT2D eigenvalue weighted by molar-refractivity contribution is 6.28. The molecule has 1 fully saturated rings. The molecule has 1 aliphatic carbocycles. The van der Waals surface area contributed by atoms with Crippen molar-refractivity contribution < 1.29 is 8.78 Å². The summed E-state index contributed by atoms with van der Waals surface area (Å²) in [5, 5.41) is 3.36. The molecule has 18 heavy (non-hydrogen) atoms. The van der Waals surface area contributed by atoms with Crippen molar-refractivity contribution >= 4 is 17.4 Å². The number of aryl methyl sites for hydroxylation is 1. The summed E-state index contributed by atoms with van der Waals surface area (Å²) in [7, 11) is 0. The van der Waals surface area contributed by atoms with Crippen molar-refractivity contribution in [2.45, 2.75) is 51.0 Å². The van der Waals surface area contributed by atoms with Crippen LogP contribution >= 0.6 is 11.6 Å². The Morgan fingerprint density at radius 1 is 1.39 bits per heavy atom. The number of aromatic nitrogens is 2. The lowest BCUT2D eigenvalue weighted by Crippen LogP contribution is -2.32. The first-order chi connectivity index (χ1) is 8.48. The van der Waals surface area contributed by atoms with Crippen molar-refractivity contribution in [2.75, 3.05) is 5.32 Å². The minimum Gasteiger partial charge on any atom is -0.367 e. The molecule has 0 radical (unpaired) electrons. The van der Waals surface area contributed by atoms with Crippen LogP contribution < -0.4 is 5.32 Å². The van der Waals surface area contributed by atoms with E-state index in [1.165, 1.54) is 0 Å². The fraction of sp³-hybridized carbons (Fsp3) is 0.667. The molecule has 0 amide bonds. The monoisotopic (exact) mass is 275 g/mol. The third-order valence-electron chi connectivity index (χ3n) is 3.18. The number of alkyl halides is 2. The van der Waals surface area contributed by atoms with Crippen LogP contribution in [0.5, 0.6) is 0 Å². The van der Waals surface area contributed by atoms with E-state index in [1.54, 1.807) is 0 Å². The van der Waals surface area contributed by atoms with Crippen LogP contribution in [-0.4, -0.2) is 21.9 Å². The summed E-state index contributed by atoms with van der Waals surface area (Å²) in [5.74, 6) is -1.88. The normalized spacial score (nSPS) is 19.8. The van der Waals surface area contributed by atoms with E-state index >= 15 is 0 Å². The van der Waals surface area contributed by atoms with Gasteiger partial charge in [-0.25, -0.2) is 18.7 Å². The van der Waals surface area contributed by atoms with Crippen molar-refractivity contribution in [2.24, 2.45) is 0 Å². The first kappa shape index (κ1) is 13.5. The topological polar surface area (TPSA) is 37.8 Å². The second-order valence-corrected chi connectivity index (χ2v) is 4.98. The summed E-state index contributed by atoms with van der Waals surface area (Å²) in [5.41, 5.74) is 0.846. The summed E-state index contributed by atoms with van der Waals surface area (Å²) in [6, 6.07) is 1.86. The predicted octanol–water partition coefficient (Wildman–Crippen LogP) is 3.68. The number of hydrogen-bond donors (Lipinski definition) is 1. The maximum Gasteiger partial charge on any atom is 0.248 e. The maximum atomic E-state index is 13.0. The largest absolute Gasteiger partial charge is 0.367 e. The summed E-state index contributed by atoms with van der Waals surface area (Å²) < 4.78 is 26.0. The minimum atomic E-state index is -2.50. The highest BCUT2D eigenvalue weighted by Crippen LogP contribution is 2.34. The number of nitrogens with zero attached hydrogens (tertiary/aromatic N) is 2. The number of anilines is 1. The standard InChI is InChI=1S/C12H16ClF2N3/c1-2-8-7-10(18-11(13)17-8)16-9-3-5-12(14,15)6-4-9/h7,9H,2-6H2,1H3,(H,16,17,18). The van der Waals surface area contributed by atoms with E-state index in [9.17, 15) is 8.78 Å². The third kappa shape index (κ3) is 3.51. The molecule has 0 aromatic carbocycles. The van der Waals surface area contributed by atoms with Crippen LogP contribution in [0.3, 0.4) is 0 Å². The van der Waals surface area contributed by atoms with E-state index in [0.29, 0.717) is 18.7 Å². The fourth-order valence-electron chi connectivity index (χ4n) is 2.11. The molecule has 0 aliphatic heterocycles. The molecule has 6 heteroatoms. The van der Waals surface area contributed by atoms with Gasteiger partial charge in [-0.15, -0.1) is 0 Å². The molecular weight excluding hydrogens is 260 g/mol. The molecule has 0 unspecified atom stereocenters. The van der Waals surface area contributed by atoms with Crippen molar-refractivity contribution in [3.05, 3.63) is 17.0 Å². The number of halogens is 3. The number of hydrogen-bond acceptors (Lipinski definition) is 3. The SMILES string of the molecule is CCc1cc(NC2CCC(F)(F)CC2)nc(Cl)n1. The first-order valence-corrected chi connectivity index (χ1v) is 6.54. The van der Waals surface area contributed by atoms with Gasteiger partial charge in [0.25, 0.3) is 0 Å². The molecule has 1 aromatic rings. The van der Waals surface area contributed by atoms with Crippen molar-refractivity contribution in [3.8, 4) is 0 Å². The highest BCUT2D eigenvalue weighted by Gasteiger charge is 2.34. The minimum absolute atomic E-state index is 0.0419. The van der Waals surface area contributed by atoms with Gasteiger partial charge in [0.1, 0.15) is 5.82 Å². The van der Waals surface area contributed by atoms with Gasteiger partial charge in [-0.1, -0.05) is 6.92 Å². The molecule has 1 aromatic heterocycles. The van der Waals surface area contributed by atoms with Crippen LogP contribution in [0.25, 0.3) is 0 Å². The van der Waals surface area contributed by atoms with Gasteiger partial charge in [0.2, 0.25) is 11.2 Å². The van der Waals surface area contributed by atoms with Crippen molar-refractivity contribution in [1.29, 1.82) is 0 Å². The Morgan fingerprint density at radius 2 is 2.06 bits per heavy atom. The number of nitrogens with one attached hydrogen (secondary N) is 1. The molecule has 3 nitrogen and oxygen atoms in total. The zero-order valence-electron chi connectivity index (χ0n) is 10.2. The van der Waals surface area contributed by atoms with Gasteiger partial charge in [0.05, 0.1) is 0 Å². The second kappa shape index (κ2) is 5.34. The molecule has 1 N–H and O–H groups in total. The van der Waals surface area contributed by atoms with Crippen LogP contribution in [0.2, 0.25) is 5.28 Å². The average molecular weight is 276 g/mol. The lowest BCUT2D eigenvalue weighted by atomic mass is 9.92.